The summed E-state index contributed by atoms with van der Waals surface area (Å²) in [5.41, 5.74) is 0.913. The van der Waals surface area contributed by atoms with E-state index in [1.54, 1.807) is 38.1 Å². The molecule has 30 heavy (non-hydrogen) atoms. The second kappa shape index (κ2) is 11.3. The number of aromatic nitrogens is 1. The molecule has 0 radical (unpaired) electrons. The van der Waals surface area contributed by atoms with Crippen LogP contribution in [0.2, 0.25) is 0 Å². The van der Waals surface area contributed by atoms with E-state index in [1.165, 1.54) is 6.07 Å². The first-order valence-corrected chi connectivity index (χ1v) is 9.33. The fraction of sp³-hybridized carbons (Fsp3) is 0.350. The molecule has 0 spiro atoms. The molecule has 0 aliphatic rings. The first-order valence-electron chi connectivity index (χ1n) is 9.33. The summed E-state index contributed by atoms with van der Waals surface area (Å²) in [6.45, 7) is 3.23. The van der Waals surface area contributed by atoms with Gasteiger partial charge in [0, 0.05) is 24.6 Å². The zero-order chi connectivity index (χ0) is 21.9. The van der Waals surface area contributed by atoms with Gasteiger partial charge < -0.3 is 24.6 Å². The number of benzene rings is 1. The van der Waals surface area contributed by atoms with Crippen LogP contribution in [0.5, 0.6) is 0 Å². The van der Waals surface area contributed by atoms with Crippen molar-refractivity contribution in [1.82, 2.24) is 5.16 Å². The molecule has 0 atom stereocenters. The van der Waals surface area contributed by atoms with Gasteiger partial charge >= 0.3 is 11.9 Å². The average Bonchev–Trinajstić information content (AvgIpc) is 3.11. The first-order chi connectivity index (χ1) is 14.4. The van der Waals surface area contributed by atoms with Gasteiger partial charge in [-0.1, -0.05) is 5.16 Å². The molecular weight excluding hydrogens is 394 g/mol. The lowest BCUT2D eigenvalue weighted by Gasteiger charge is -2.07. The van der Waals surface area contributed by atoms with Gasteiger partial charge in [0.2, 0.25) is 5.91 Å². The number of nitrogens with one attached hydrogen (secondary N) is 2. The van der Waals surface area contributed by atoms with Crippen molar-refractivity contribution < 1.29 is 33.2 Å². The van der Waals surface area contributed by atoms with E-state index in [1.807, 2.05) is 0 Å². The van der Waals surface area contributed by atoms with Crippen LogP contribution < -0.4 is 10.6 Å². The number of hydrogen-bond donors (Lipinski definition) is 2. The van der Waals surface area contributed by atoms with Crippen LogP contribution in [0, 0.1) is 6.92 Å². The molecule has 160 valence electrons. The standard InChI is InChI=1S/C20H23N3O7/c1-3-28-20(27)14-7-9-15(10-8-14)21-17(24)5-4-6-19(26)29-12-18(25)22-16-11-13(2)30-23-16/h7-11H,3-6,12H2,1-2H3,(H,21,24)(H,22,23,25). The van der Waals surface area contributed by atoms with Crippen LogP contribution >= 0.6 is 0 Å². The van der Waals surface area contributed by atoms with Gasteiger partial charge in [-0.2, -0.15) is 0 Å². The van der Waals surface area contributed by atoms with Gasteiger partial charge in [-0.3, -0.25) is 14.4 Å². The van der Waals surface area contributed by atoms with Gasteiger partial charge in [-0.25, -0.2) is 4.79 Å². The van der Waals surface area contributed by atoms with Crippen molar-refractivity contribution in [3.8, 4) is 0 Å². The summed E-state index contributed by atoms with van der Waals surface area (Å²) in [6.07, 6.45) is 0.348. The molecule has 1 heterocycles. The zero-order valence-corrected chi connectivity index (χ0v) is 16.7. The largest absolute Gasteiger partial charge is 0.462 e. The van der Waals surface area contributed by atoms with Gasteiger partial charge in [-0.05, 0) is 44.5 Å². The highest BCUT2D eigenvalue weighted by Gasteiger charge is 2.11. The Bertz CT molecular complexity index is 890. The molecule has 0 saturated carbocycles. The molecule has 0 unspecified atom stereocenters. The van der Waals surface area contributed by atoms with Crippen LogP contribution in [0.4, 0.5) is 11.5 Å². The Morgan fingerprint density at radius 1 is 1.00 bits per heavy atom. The van der Waals surface area contributed by atoms with Crippen molar-refractivity contribution in [2.24, 2.45) is 0 Å². The van der Waals surface area contributed by atoms with E-state index in [2.05, 4.69) is 15.8 Å². The summed E-state index contributed by atoms with van der Waals surface area (Å²) >= 11 is 0. The minimum atomic E-state index is -0.590. The number of hydrogen-bond acceptors (Lipinski definition) is 8. The number of anilines is 2. The average molecular weight is 417 g/mol. The second-order valence-electron chi connectivity index (χ2n) is 6.23. The van der Waals surface area contributed by atoms with Crippen molar-refractivity contribution in [1.29, 1.82) is 0 Å². The SMILES string of the molecule is CCOC(=O)c1ccc(NC(=O)CCCC(=O)OCC(=O)Nc2cc(C)on2)cc1. The molecule has 1 aromatic heterocycles. The summed E-state index contributed by atoms with van der Waals surface area (Å²) in [5.74, 6) is -1.07. The van der Waals surface area contributed by atoms with Crippen LogP contribution in [-0.2, 0) is 23.9 Å². The third kappa shape index (κ3) is 7.74. The Balaban J connectivity index is 1.63. The van der Waals surface area contributed by atoms with Gasteiger partial charge in [0.25, 0.3) is 5.91 Å². The molecule has 0 fully saturated rings. The van der Waals surface area contributed by atoms with E-state index >= 15 is 0 Å². The molecule has 2 rings (SSSR count). The Kier molecular flexibility index (Phi) is 8.55. The maximum atomic E-state index is 12.0. The molecule has 0 aliphatic heterocycles. The summed E-state index contributed by atoms with van der Waals surface area (Å²) in [6, 6.07) is 7.82. The van der Waals surface area contributed by atoms with Gasteiger partial charge in [-0.15, -0.1) is 0 Å². The summed E-state index contributed by atoms with van der Waals surface area (Å²) in [4.78, 5) is 46.9. The third-order valence-electron chi connectivity index (χ3n) is 3.72. The second-order valence-corrected chi connectivity index (χ2v) is 6.23. The normalized spacial score (nSPS) is 10.2. The topological polar surface area (TPSA) is 137 Å². The minimum Gasteiger partial charge on any atom is -0.462 e. The van der Waals surface area contributed by atoms with Crippen LogP contribution in [0.25, 0.3) is 0 Å². The van der Waals surface area contributed by atoms with Crippen LogP contribution in [0.1, 0.15) is 42.3 Å². The van der Waals surface area contributed by atoms with Crippen LogP contribution in [0.15, 0.2) is 34.9 Å². The highest BCUT2D eigenvalue weighted by Crippen LogP contribution is 2.12. The predicted octanol–water partition coefficient (Wildman–Crippen LogP) is 2.45. The van der Waals surface area contributed by atoms with Gasteiger partial charge in [0.1, 0.15) is 5.76 Å². The Labute approximate surface area is 172 Å². The quantitative estimate of drug-likeness (QED) is 0.563. The van der Waals surface area contributed by atoms with Gasteiger partial charge in [0.15, 0.2) is 12.4 Å². The fourth-order valence-corrected chi connectivity index (χ4v) is 2.34. The Morgan fingerprint density at radius 3 is 2.37 bits per heavy atom. The number of carbonyl (C=O) groups excluding carboxylic acids is 4. The highest BCUT2D eigenvalue weighted by molar-refractivity contribution is 5.93. The van der Waals surface area contributed by atoms with Crippen molar-refractivity contribution in [3.05, 3.63) is 41.7 Å². The molecule has 0 aliphatic carbocycles. The van der Waals surface area contributed by atoms with E-state index in [-0.39, 0.29) is 37.6 Å². The zero-order valence-electron chi connectivity index (χ0n) is 16.7. The minimum absolute atomic E-state index is 0.00837. The number of nitrogens with zero attached hydrogens (tertiary/aromatic N) is 1. The van der Waals surface area contributed by atoms with E-state index in [9.17, 15) is 19.2 Å². The maximum absolute atomic E-state index is 12.0. The number of aryl methyl sites for hydroxylation is 1. The number of ether oxygens (including phenoxy) is 2. The summed E-state index contributed by atoms with van der Waals surface area (Å²) in [5, 5.41) is 8.69. The van der Waals surface area contributed by atoms with E-state index < -0.39 is 24.5 Å². The van der Waals surface area contributed by atoms with E-state index in [0.29, 0.717) is 17.0 Å². The monoisotopic (exact) mass is 417 g/mol. The highest BCUT2D eigenvalue weighted by atomic mass is 16.5. The lowest BCUT2D eigenvalue weighted by molar-refractivity contribution is -0.147. The first kappa shape index (κ1) is 22.6. The third-order valence-corrected chi connectivity index (χ3v) is 3.72. The molecular formula is C20H23N3O7. The molecule has 10 heteroatoms. The molecule has 2 amide bonds. The summed E-state index contributed by atoms with van der Waals surface area (Å²) in [7, 11) is 0. The number of rotatable bonds is 10. The molecule has 2 N–H and O–H groups in total. The molecule has 10 nitrogen and oxygen atoms in total. The van der Waals surface area contributed by atoms with Crippen molar-refractivity contribution in [2.75, 3.05) is 23.8 Å². The van der Waals surface area contributed by atoms with Crippen molar-refractivity contribution >= 4 is 35.3 Å². The fourth-order valence-electron chi connectivity index (χ4n) is 2.34. The summed E-state index contributed by atoms with van der Waals surface area (Å²) < 4.78 is 14.5. The van der Waals surface area contributed by atoms with Gasteiger partial charge in [0.05, 0.1) is 12.2 Å². The number of esters is 2. The van der Waals surface area contributed by atoms with E-state index in [0.717, 1.165) is 0 Å². The molecule has 1 aromatic carbocycles. The van der Waals surface area contributed by atoms with Crippen molar-refractivity contribution in [3.63, 3.8) is 0 Å². The lowest BCUT2D eigenvalue weighted by Crippen LogP contribution is -2.21. The maximum Gasteiger partial charge on any atom is 0.338 e. The smallest absolute Gasteiger partial charge is 0.338 e. The Morgan fingerprint density at radius 2 is 1.73 bits per heavy atom. The van der Waals surface area contributed by atoms with E-state index in [4.69, 9.17) is 14.0 Å². The predicted molar refractivity (Wildman–Crippen MR) is 106 cm³/mol. The Hall–Kier alpha value is -3.69. The van der Waals surface area contributed by atoms with Crippen molar-refractivity contribution in [2.45, 2.75) is 33.1 Å². The van der Waals surface area contributed by atoms with Crippen LogP contribution in [0.3, 0.4) is 0 Å². The molecule has 0 saturated heterocycles. The molecule has 0 bridgehead atoms. The number of carbonyl (C=O) groups is 4. The number of amides is 2. The molecule has 2 aromatic rings. The lowest BCUT2D eigenvalue weighted by atomic mass is 10.2. The van der Waals surface area contributed by atoms with Crippen LogP contribution in [-0.4, -0.2) is 42.1 Å².